The van der Waals surface area contributed by atoms with Gasteiger partial charge in [0.15, 0.2) is 0 Å². The fourth-order valence-corrected chi connectivity index (χ4v) is 4.62. The Morgan fingerprint density at radius 2 is 1.83 bits per heavy atom. The van der Waals surface area contributed by atoms with Gasteiger partial charge in [0.05, 0.1) is 5.69 Å². The van der Waals surface area contributed by atoms with Gasteiger partial charge in [-0.25, -0.2) is 4.79 Å². The smallest absolute Gasteiger partial charge is 0.323 e. The fourth-order valence-electron chi connectivity index (χ4n) is 4.62. The van der Waals surface area contributed by atoms with Crippen LogP contribution in [0.25, 0.3) is 11.1 Å². The van der Waals surface area contributed by atoms with Crippen molar-refractivity contribution in [2.24, 2.45) is 0 Å². The zero-order chi connectivity index (χ0) is 30.8. The molecule has 0 bridgehead atoms. The molecule has 1 aliphatic heterocycles. The number of piperazine rings is 1. The Hall–Kier alpha value is -4.67. The summed E-state index contributed by atoms with van der Waals surface area (Å²) in [5.41, 5.74) is 2.10. The lowest BCUT2D eigenvalue weighted by molar-refractivity contribution is -0.133. The molecule has 0 saturated carbocycles. The second-order valence-corrected chi connectivity index (χ2v) is 11.8. The van der Waals surface area contributed by atoms with Crippen LogP contribution in [0.1, 0.15) is 73.9 Å². The summed E-state index contributed by atoms with van der Waals surface area (Å²) in [6, 6.07) is 10.00. The number of carbonyl (C=O) groups is 4. The van der Waals surface area contributed by atoms with E-state index in [0.717, 1.165) is 16.7 Å². The number of nitrogens with zero attached hydrogens (tertiary/aromatic N) is 2. The number of aryl methyl sites for hydroxylation is 1. The molecule has 2 aromatic heterocycles. The number of nitrogens with one attached hydrogen (secondary N) is 4. The van der Waals surface area contributed by atoms with Crippen LogP contribution in [0.3, 0.4) is 0 Å². The largest absolute Gasteiger partial charge is 0.453 e. The number of aromatic nitrogens is 1. The minimum Gasteiger partial charge on any atom is -0.453 e. The molecule has 4 N–H and O–H groups in total. The van der Waals surface area contributed by atoms with Gasteiger partial charge in [-0.2, -0.15) is 0 Å². The van der Waals surface area contributed by atoms with Gasteiger partial charge in [-0.05, 0) is 57.0 Å². The van der Waals surface area contributed by atoms with Gasteiger partial charge in [0.1, 0.15) is 17.0 Å². The van der Waals surface area contributed by atoms with Gasteiger partial charge in [0.2, 0.25) is 11.7 Å². The SMILES string of the molecule is CCNC(=O)c1ccc(-c2cc(NC(=O)Nc3cc(C(C)(C)C)oc3C(=O)N3CCNC(=O)C3(C)C)ccc2C)cn1. The van der Waals surface area contributed by atoms with E-state index in [0.29, 0.717) is 36.8 Å². The molecule has 5 amide bonds. The van der Waals surface area contributed by atoms with Crippen molar-refractivity contribution in [2.45, 2.75) is 59.4 Å². The summed E-state index contributed by atoms with van der Waals surface area (Å²) in [4.78, 5) is 57.1. The summed E-state index contributed by atoms with van der Waals surface area (Å²) in [6.07, 6.45) is 1.62. The number of pyridine rings is 1. The second-order valence-electron chi connectivity index (χ2n) is 11.8. The summed E-state index contributed by atoms with van der Waals surface area (Å²) in [6.45, 7) is 14.1. The molecule has 1 aliphatic rings. The minimum atomic E-state index is -1.09. The third-order valence-corrected chi connectivity index (χ3v) is 7.15. The quantitative estimate of drug-likeness (QED) is 0.336. The molecular weight excluding hydrogens is 536 g/mol. The molecule has 11 heteroatoms. The lowest BCUT2D eigenvalue weighted by Gasteiger charge is -2.40. The number of benzene rings is 1. The van der Waals surface area contributed by atoms with Crippen LogP contribution < -0.4 is 21.3 Å². The van der Waals surface area contributed by atoms with E-state index in [9.17, 15) is 19.2 Å². The van der Waals surface area contributed by atoms with Gasteiger partial charge in [0, 0.05) is 48.6 Å². The normalized spacial score (nSPS) is 14.6. The molecule has 1 aromatic carbocycles. The molecule has 0 atom stereocenters. The molecule has 42 heavy (non-hydrogen) atoms. The van der Waals surface area contributed by atoms with Gasteiger partial charge in [-0.3, -0.25) is 19.4 Å². The van der Waals surface area contributed by atoms with Crippen LogP contribution >= 0.6 is 0 Å². The number of hydrogen-bond donors (Lipinski definition) is 4. The summed E-state index contributed by atoms with van der Waals surface area (Å²) >= 11 is 0. The minimum absolute atomic E-state index is 0.0410. The summed E-state index contributed by atoms with van der Waals surface area (Å²) in [7, 11) is 0. The van der Waals surface area contributed by atoms with E-state index in [2.05, 4.69) is 26.3 Å². The van der Waals surface area contributed by atoms with Crippen molar-refractivity contribution in [3.05, 3.63) is 65.4 Å². The number of amides is 5. The van der Waals surface area contributed by atoms with Crippen molar-refractivity contribution in [3.8, 4) is 11.1 Å². The van der Waals surface area contributed by atoms with Crippen LogP contribution in [0.15, 0.2) is 47.0 Å². The van der Waals surface area contributed by atoms with Crippen molar-refractivity contribution in [2.75, 3.05) is 30.3 Å². The van der Waals surface area contributed by atoms with E-state index >= 15 is 0 Å². The first-order valence-electron chi connectivity index (χ1n) is 13.9. The molecule has 0 unspecified atom stereocenters. The number of rotatable bonds is 6. The molecule has 3 aromatic rings. The molecule has 4 rings (SSSR count). The Balaban J connectivity index is 1.57. The van der Waals surface area contributed by atoms with E-state index in [4.69, 9.17) is 4.42 Å². The van der Waals surface area contributed by atoms with Gasteiger partial charge >= 0.3 is 6.03 Å². The average Bonchev–Trinajstić information content (AvgIpc) is 3.35. The van der Waals surface area contributed by atoms with Gasteiger partial charge in [0.25, 0.3) is 11.8 Å². The lowest BCUT2D eigenvalue weighted by atomic mass is 9.93. The number of hydrogen-bond acceptors (Lipinski definition) is 6. The van der Waals surface area contributed by atoms with Crippen LogP contribution in [0.4, 0.5) is 16.2 Å². The van der Waals surface area contributed by atoms with Gasteiger partial charge in [-0.1, -0.05) is 32.9 Å². The molecule has 3 heterocycles. The molecule has 1 saturated heterocycles. The molecule has 0 spiro atoms. The van der Waals surface area contributed by atoms with E-state index in [-0.39, 0.29) is 23.3 Å². The fraction of sp³-hybridized carbons (Fsp3) is 0.387. The Labute approximate surface area is 245 Å². The third kappa shape index (κ3) is 6.29. The van der Waals surface area contributed by atoms with E-state index < -0.39 is 22.9 Å². The lowest BCUT2D eigenvalue weighted by Crippen LogP contribution is -2.63. The number of carbonyl (C=O) groups excluding carboxylic acids is 4. The predicted octanol–water partition coefficient (Wildman–Crippen LogP) is 4.69. The monoisotopic (exact) mass is 574 g/mol. The first-order chi connectivity index (χ1) is 19.7. The number of anilines is 2. The molecular formula is C31H38N6O5. The second kappa shape index (κ2) is 11.7. The molecule has 11 nitrogen and oxygen atoms in total. The summed E-state index contributed by atoms with van der Waals surface area (Å²) < 4.78 is 6.01. The van der Waals surface area contributed by atoms with E-state index in [1.165, 1.54) is 4.90 Å². The zero-order valence-electron chi connectivity index (χ0n) is 25.1. The molecule has 222 valence electrons. The van der Waals surface area contributed by atoms with Crippen LogP contribution in [0, 0.1) is 6.92 Å². The van der Waals surface area contributed by atoms with Crippen LogP contribution in [-0.2, 0) is 10.2 Å². The Morgan fingerprint density at radius 1 is 1.10 bits per heavy atom. The summed E-state index contributed by atoms with van der Waals surface area (Å²) in [5.74, 6) is -0.517. The highest BCUT2D eigenvalue weighted by Crippen LogP contribution is 2.33. The van der Waals surface area contributed by atoms with Gasteiger partial charge in [-0.15, -0.1) is 0 Å². The van der Waals surface area contributed by atoms with E-state index in [1.807, 2.05) is 52.8 Å². The van der Waals surface area contributed by atoms with Crippen molar-refractivity contribution >= 4 is 35.1 Å². The zero-order valence-corrected chi connectivity index (χ0v) is 25.1. The van der Waals surface area contributed by atoms with Crippen LogP contribution in [0.5, 0.6) is 0 Å². The maximum atomic E-state index is 13.7. The van der Waals surface area contributed by atoms with Crippen molar-refractivity contribution in [3.63, 3.8) is 0 Å². The highest BCUT2D eigenvalue weighted by Gasteiger charge is 2.42. The van der Waals surface area contributed by atoms with Crippen molar-refractivity contribution < 1.29 is 23.6 Å². The average molecular weight is 575 g/mol. The Bertz CT molecular complexity index is 1520. The molecule has 0 aliphatic carbocycles. The van der Waals surface area contributed by atoms with Crippen molar-refractivity contribution in [1.29, 1.82) is 0 Å². The third-order valence-electron chi connectivity index (χ3n) is 7.15. The standard InChI is InChI=1S/C31H38N6O5/c1-8-32-26(38)22-12-10-19(17-34-22)21-15-20(11-9-18(21)2)35-29(41)36-23-16-24(30(3,4)5)42-25(23)27(39)37-14-13-33-28(40)31(37,6)7/h9-12,15-17H,8,13-14H2,1-7H3,(H,32,38)(H,33,40)(H2,35,36,41). The number of urea groups is 1. The maximum Gasteiger partial charge on any atom is 0.323 e. The summed E-state index contributed by atoms with van der Waals surface area (Å²) in [5, 5.41) is 11.1. The van der Waals surface area contributed by atoms with Crippen LogP contribution in [0.2, 0.25) is 0 Å². The Morgan fingerprint density at radius 3 is 2.48 bits per heavy atom. The van der Waals surface area contributed by atoms with Crippen molar-refractivity contribution in [1.82, 2.24) is 20.5 Å². The van der Waals surface area contributed by atoms with Crippen LogP contribution in [-0.4, -0.2) is 58.8 Å². The van der Waals surface area contributed by atoms with Gasteiger partial charge < -0.3 is 30.6 Å². The molecule has 1 fully saturated rings. The number of furan rings is 1. The molecule has 0 radical (unpaired) electrons. The maximum absolute atomic E-state index is 13.7. The highest BCUT2D eigenvalue weighted by molar-refractivity contribution is 6.07. The Kier molecular flexibility index (Phi) is 8.42. The first kappa shape index (κ1) is 30.3. The first-order valence-corrected chi connectivity index (χ1v) is 13.9. The predicted molar refractivity (Wildman–Crippen MR) is 161 cm³/mol. The van der Waals surface area contributed by atoms with E-state index in [1.54, 1.807) is 38.2 Å². The highest BCUT2D eigenvalue weighted by atomic mass is 16.4. The topological polar surface area (TPSA) is 146 Å².